The smallest absolute Gasteiger partial charge is 0.265 e. The van der Waals surface area contributed by atoms with E-state index >= 15 is 0 Å². The first-order valence-electron chi connectivity index (χ1n) is 2.26. The van der Waals surface area contributed by atoms with E-state index < -0.39 is 11.1 Å². The first-order chi connectivity index (χ1) is 4.61. The van der Waals surface area contributed by atoms with E-state index in [4.69, 9.17) is 11.6 Å². The highest BCUT2D eigenvalue weighted by atomic mass is 127. The minimum atomic E-state index is -0.731. The summed E-state index contributed by atoms with van der Waals surface area (Å²) < 4.78 is 13.3. The van der Waals surface area contributed by atoms with E-state index in [1.165, 1.54) is 6.07 Å². The zero-order chi connectivity index (χ0) is 7.72. The molecular weight excluding hydrogens is 289 g/mol. The van der Waals surface area contributed by atoms with E-state index in [9.17, 15) is 9.18 Å². The van der Waals surface area contributed by atoms with Gasteiger partial charge in [0.05, 0.1) is 2.88 Å². The molecule has 0 saturated heterocycles. The summed E-state index contributed by atoms with van der Waals surface area (Å²) in [6, 6.07) is 1.28. The molecule has 0 fully saturated rings. The standard InChI is InChI=1S/C5HClFIOS/c6-5(9)4-2(7)1-3(8)10-4/h1H. The number of thiophene rings is 1. The van der Waals surface area contributed by atoms with Gasteiger partial charge in [-0.05, 0) is 40.3 Å². The molecule has 0 bridgehead atoms. The van der Waals surface area contributed by atoms with Crippen molar-refractivity contribution >= 4 is 50.8 Å². The second-order valence-electron chi connectivity index (χ2n) is 1.50. The first-order valence-corrected chi connectivity index (χ1v) is 4.53. The molecular formula is C5HClFIOS. The SMILES string of the molecule is O=C(Cl)c1sc(I)cc1F. The van der Waals surface area contributed by atoms with E-state index in [1.807, 2.05) is 22.6 Å². The number of rotatable bonds is 1. The van der Waals surface area contributed by atoms with Crippen LogP contribution in [0.25, 0.3) is 0 Å². The lowest BCUT2D eigenvalue weighted by atomic mass is 10.5. The topological polar surface area (TPSA) is 17.1 Å². The van der Waals surface area contributed by atoms with Gasteiger partial charge < -0.3 is 0 Å². The molecule has 0 spiro atoms. The Morgan fingerprint density at radius 2 is 2.40 bits per heavy atom. The molecule has 0 N–H and O–H groups in total. The Bertz CT molecular complexity index is 273. The third-order valence-electron chi connectivity index (χ3n) is 0.835. The van der Waals surface area contributed by atoms with Gasteiger partial charge in [0, 0.05) is 0 Å². The van der Waals surface area contributed by atoms with Gasteiger partial charge in [0.15, 0.2) is 0 Å². The van der Waals surface area contributed by atoms with Crippen LogP contribution in [0.4, 0.5) is 4.39 Å². The Labute approximate surface area is 79.3 Å². The minimum absolute atomic E-state index is 0.00827. The zero-order valence-electron chi connectivity index (χ0n) is 4.53. The quantitative estimate of drug-likeness (QED) is 0.574. The number of halogens is 3. The molecule has 0 radical (unpaired) electrons. The number of carbonyl (C=O) groups is 1. The molecule has 0 aromatic carbocycles. The normalized spacial score (nSPS) is 9.90. The lowest BCUT2D eigenvalue weighted by molar-refractivity contribution is 0.108. The van der Waals surface area contributed by atoms with Crippen LogP contribution in [-0.2, 0) is 0 Å². The molecule has 0 unspecified atom stereocenters. The lowest BCUT2D eigenvalue weighted by Crippen LogP contribution is -1.84. The largest absolute Gasteiger partial charge is 0.275 e. The van der Waals surface area contributed by atoms with E-state index in [-0.39, 0.29) is 4.88 Å². The predicted octanol–water partition coefficient (Wildman–Crippen LogP) is 2.87. The molecule has 0 atom stereocenters. The van der Waals surface area contributed by atoms with Crippen LogP contribution in [0.2, 0.25) is 0 Å². The van der Waals surface area contributed by atoms with Crippen molar-refractivity contribution in [2.75, 3.05) is 0 Å². The van der Waals surface area contributed by atoms with Gasteiger partial charge in [-0.1, -0.05) is 0 Å². The molecule has 1 aromatic rings. The summed E-state index contributed by atoms with van der Waals surface area (Å²) in [6.07, 6.45) is 0. The van der Waals surface area contributed by atoms with Gasteiger partial charge in [0.25, 0.3) is 5.24 Å². The number of hydrogen-bond acceptors (Lipinski definition) is 2. The van der Waals surface area contributed by atoms with Crippen LogP contribution >= 0.6 is 45.5 Å². The third kappa shape index (κ3) is 1.67. The van der Waals surface area contributed by atoms with Gasteiger partial charge in [-0.25, -0.2) is 4.39 Å². The summed E-state index contributed by atoms with van der Waals surface area (Å²) in [6.45, 7) is 0. The Balaban J connectivity index is 3.15. The maximum Gasteiger partial charge on any atom is 0.265 e. The van der Waals surface area contributed by atoms with E-state index in [1.54, 1.807) is 0 Å². The molecule has 54 valence electrons. The average Bonchev–Trinajstić information content (AvgIpc) is 2.10. The predicted molar refractivity (Wildman–Crippen MR) is 47.2 cm³/mol. The Morgan fingerprint density at radius 1 is 1.80 bits per heavy atom. The van der Waals surface area contributed by atoms with Crippen molar-refractivity contribution in [1.29, 1.82) is 0 Å². The molecule has 0 aliphatic carbocycles. The highest BCUT2D eigenvalue weighted by molar-refractivity contribution is 14.1. The van der Waals surface area contributed by atoms with Crippen molar-refractivity contribution in [1.82, 2.24) is 0 Å². The second-order valence-corrected chi connectivity index (χ2v) is 4.79. The molecule has 1 nitrogen and oxygen atoms in total. The van der Waals surface area contributed by atoms with Crippen molar-refractivity contribution in [3.05, 3.63) is 19.6 Å². The molecule has 5 heteroatoms. The van der Waals surface area contributed by atoms with E-state index in [0.717, 1.165) is 14.2 Å². The van der Waals surface area contributed by atoms with Crippen molar-refractivity contribution < 1.29 is 9.18 Å². The molecule has 0 aliphatic rings. The maximum atomic E-state index is 12.6. The van der Waals surface area contributed by atoms with Crippen molar-refractivity contribution in [3.63, 3.8) is 0 Å². The van der Waals surface area contributed by atoms with Crippen LogP contribution in [0.15, 0.2) is 6.07 Å². The summed E-state index contributed by atoms with van der Waals surface area (Å²) in [5.41, 5.74) is 0. The highest BCUT2D eigenvalue weighted by Gasteiger charge is 2.12. The molecule has 1 rings (SSSR count). The van der Waals surface area contributed by atoms with Gasteiger partial charge in [-0.2, -0.15) is 0 Å². The summed E-state index contributed by atoms with van der Waals surface area (Å²) >= 11 is 8.03. The molecule has 10 heavy (non-hydrogen) atoms. The Morgan fingerprint density at radius 3 is 2.60 bits per heavy atom. The molecule has 1 heterocycles. The van der Waals surface area contributed by atoms with Crippen LogP contribution < -0.4 is 0 Å². The van der Waals surface area contributed by atoms with Crippen LogP contribution in [-0.4, -0.2) is 5.24 Å². The van der Waals surface area contributed by atoms with Crippen molar-refractivity contribution in [2.24, 2.45) is 0 Å². The average molecular weight is 290 g/mol. The molecule has 0 saturated carbocycles. The highest BCUT2D eigenvalue weighted by Crippen LogP contribution is 2.23. The Kier molecular flexibility index (Phi) is 2.65. The van der Waals surface area contributed by atoms with E-state index in [2.05, 4.69) is 0 Å². The fraction of sp³-hybridized carbons (Fsp3) is 0. The van der Waals surface area contributed by atoms with Crippen molar-refractivity contribution in [2.45, 2.75) is 0 Å². The van der Waals surface area contributed by atoms with Gasteiger partial charge in [0.1, 0.15) is 10.7 Å². The first kappa shape index (κ1) is 8.42. The minimum Gasteiger partial charge on any atom is -0.275 e. The lowest BCUT2D eigenvalue weighted by Gasteiger charge is -1.81. The fourth-order valence-corrected chi connectivity index (χ4v) is 2.21. The molecule has 0 amide bonds. The Hall–Kier alpha value is 0.320. The van der Waals surface area contributed by atoms with Crippen LogP contribution in [0.1, 0.15) is 9.67 Å². The van der Waals surface area contributed by atoms with Crippen molar-refractivity contribution in [3.8, 4) is 0 Å². The van der Waals surface area contributed by atoms with Gasteiger partial charge >= 0.3 is 0 Å². The third-order valence-corrected chi connectivity index (χ3v) is 3.01. The molecule has 0 aliphatic heterocycles. The van der Waals surface area contributed by atoms with E-state index in [0.29, 0.717) is 0 Å². The van der Waals surface area contributed by atoms with Gasteiger partial charge in [-0.3, -0.25) is 4.79 Å². The van der Waals surface area contributed by atoms with Gasteiger partial charge in [-0.15, -0.1) is 11.3 Å². The molecule has 1 aromatic heterocycles. The van der Waals surface area contributed by atoms with Crippen LogP contribution in [0.3, 0.4) is 0 Å². The summed E-state index contributed by atoms with van der Waals surface area (Å²) in [5, 5.41) is -0.731. The number of hydrogen-bond donors (Lipinski definition) is 0. The zero-order valence-corrected chi connectivity index (χ0v) is 8.26. The summed E-state index contributed by atoms with van der Waals surface area (Å²) in [4.78, 5) is 10.4. The monoisotopic (exact) mass is 290 g/mol. The van der Waals surface area contributed by atoms with Crippen LogP contribution in [0, 0.1) is 8.70 Å². The number of carbonyl (C=O) groups excluding carboxylic acids is 1. The summed E-state index contributed by atoms with van der Waals surface area (Å²) in [7, 11) is 0. The fourth-order valence-electron chi connectivity index (χ4n) is 0.475. The maximum absolute atomic E-state index is 12.6. The summed E-state index contributed by atoms with van der Waals surface area (Å²) in [5.74, 6) is -0.533. The van der Waals surface area contributed by atoms with Gasteiger partial charge in [0.2, 0.25) is 0 Å². The van der Waals surface area contributed by atoms with Crippen LogP contribution in [0.5, 0.6) is 0 Å². The second kappa shape index (κ2) is 3.15.